The Labute approximate surface area is 114 Å². The molecule has 1 aliphatic carbocycles. The van der Waals surface area contributed by atoms with Gasteiger partial charge in [-0.3, -0.25) is 0 Å². The first-order valence-electron chi connectivity index (χ1n) is 7.15. The monoisotopic (exact) mass is 263 g/mol. The molecule has 0 spiro atoms. The Morgan fingerprint density at radius 2 is 2.16 bits per heavy atom. The van der Waals surface area contributed by atoms with Gasteiger partial charge in [-0.05, 0) is 44.4 Å². The summed E-state index contributed by atoms with van der Waals surface area (Å²) in [6, 6.07) is 6.41. The molecule has 104 valence electrons. The molecule has 2 aliphatic rings. The molecule has 0 amide bonds. The van der Waals surface area contributed by atoms with Crippen LogP contribution >= 0.6 is 0 Å². The molecule has 0 radical (unpaired) electrons. The average Bonchev–Trinajstić information content (AvgIpc) is 2.87. The highest BCUT2D eigenvalue weighted by Gasteiger charge is 2.23. The quantitative estimate of drug-likeness (QED) is 0.906. The summed E-state index contributed by atoms with van der Waals surface area (Å²) in [5.74, 6) is 2.48. The summed E-state index contributed by atoms with van der Waals surface area (Å²) < 4.78 is 16.8. The van der Waals surface area contributed by atoms with Crippen LogP contribution in [0.15, 0.2) is 18.2 Å². The zero-order chi connectivity index (χ0) is 13.1. The molecule has 1 fully saturated rings. The van der Waals surface area contributed by atoms with E-state index in [9.17, 15) is 0 Å². The lowest BCUT2D eigenvalue weighted by molar-refractivity contribution is 0.135. The van der Waals surface area contributed by atoms with E-state index in [4.69, 9.17) is 14.2 Å². The highest BCUT2D eigenvalue weighted by molar-refractivity contribution is 5.46. The second kappa shape index (κ2) is 5.70. The Balaban J connectivity index is 1.61. The van der Waals surface area contributed by atoms with Gasteiger partial charge in [0.1, 0.15) is 11.9 Å². The lowest BCUT2D eigenvalue weighted by atomic mass is 9.93. The zero-order valence-electron chi connectivity index (χ0n) is 11.4. The number of hydrogen-bond donors (Lipinski definition) is 1. The predicted octanol–water partition coefficient (Wildman–Crippen LogP) is 2.71. The maximum Gasteiger partial charge on any atom is 0.231 e. The molecule has 4 nitrogen and oxygen atoms in total. The van der Waals surface area contributed by atoms with Crippen LogP contribution in [0.2, 0.25) is 0 Å². The van der Waals surface area contributed by atoms with Crippen molar-refractivity contribution in [2.45, 2.75) is 44.8 Å². The molecule has 1 heterocycles. The molecule has 2 unspecified atom stereocenters. The fourth-order valence-electron chi connectivity index (χ4n) is 2.87. The van der Waals surface area contributed by atoms with Crippen molar-refractivity contribution in [1.82, 2.24) is 5.32 Å². The minimum absolute atomic E-state index is 0.304. The summed E-state index contributed by atoms with van der Waals surface area (Å²) in [4.78, 5) is 0. The molecule has 1 aromatic carbocycles. The van der Waals surface area contributed by atoms with E-state index in [1.165, 1.54) is 12.8 Å². The Kier molecular flexibility index (Phi) is 3.78. The Bertz CT molecular complexity index is 433. The fourth-order valence-corrected chi connectivity index (χ4v) is 2.87. The van der Waals surface area contributed by atoms with Crippen molar-refractivity contribution in [1.29, 1.82) is 0 Å². The van der Waals surface area contributed by atoms with Crippen LogP contribution in [0.3, 0.4) is 0 Å². The second-order valence-corrected chi connectivity index (χ2v) is 5.18. The van der Waals surface area contributed by atoms with Crippen molar-refractivity contribution < 1.29 is 14.2 Å². The van der Waals surface area contributed by atoms with Crippen molar-refractivity contribution in [2.75, 3.05) is 13.3 Å². The number of fused-ring (bicyclic) bond motifs is 1. The molecule has 1 N–H and O–H groups in total. The third-order valence-corrected chi connectivity index (χ3v) is 3.77. The number of hydrogen-bond acceptors (Lipinski definition) is 4. The standard InChI is InChI=1S/C15H21NO3/c1-2-16-11-4-3-5-12(8-11)19-13-6-7-14-15(9-13)18-10-17-14/h6-7,9,11-12,16H,2-5,8,10H2,1H3. The Hall–Kier alpha value is -1.42. The van der Waals surface area contributed by atoms with Crippen LogP contribution in [0.4, 0.5) is 0 Å². The van der Waals surface area contributed by atoms with Crippen molar-refractivity contribution in [3.05, 3.63) is 18.2 Å². The fraction of sp³-hybridized carbons (Fsp3) is 0.600. The third-order valence-electron chi connectivity index (χ3n) is 3.77. The molecule has 0 saturated heterocycles. The van der Waals surface area contributed by atoms with E-state index in [0.717, 1.165) is 36.6 Å². The van der Waals surface area contributed by atoms with Gasteiger partial charge in [-0.2, -0.15) is 0 Å². The first-order chi connectivity index (χ1) is 9.35. The molecule has 1 aromatic rings. The second-order valence-electron chi connectivity index (χ2n) is 5.18. The minimum Gasteiger partial charge on any atom is -0.490 e. The van der Waals surface area contributed by atoms with E-state index in [1.54, 1.807) is 0 Å². The number of nitrogens with one attached hydrogen (secondary N) is 1. The highest BCUT2D eigenvalue weighted by atomic mass is 16.7. The van der Waals surface area contributed by atoms with Crippen LogP contribution < -0.4 is 19.5 Å². The molecule has 3 rings (SSSR count). The summed E-state index contributed by atoms with van der Waals surface area (Å²) >= 11 is 0. The highest BCUT2D eigenvalue weighted by Crippen LogP contribution is 2.36. The van der Waals surface area contributed by atoms with Crippen LogP contribution in [0.25, 0.3) is 0 Å². The maximum atomic E-state index is 6.08. The van der Waals surface area contributed by atoms with Gasteiger partial charge in [0, 0.05) is 12.1 Å². The third kappa shape index (κ3) is 2.95. The molecule has 1 saturated carbocycles. The van der Waals surface area contributed by atoms with Crippen LogP contribution in [-0.2, 0) is 0 Å². The number of benzene rings is 1. The smallest absolute Gasteiger partial charge is 0.231 e. The molecule has 4 heteroatoms. The van der Waals surface area contributed by atoms with Gasteiger partial charge < -0.3 is 19.5 Å². The summed E-state index contributed by atoms with van der Waals surface area (Å²) in [5, 5.41) is 3.52. The predicted molar refractivity (Wildman–Crippen MR) is 72.9 cm³/mol. The molecule has 0 aromatic heterocycles. The number of rotatable bonds is 4. The normalized spacial score (nSPS) is 25.3. The summed E-state index contributed by atoms with van der Waals surface area (Å²) in [5.41, 5.74) is 0. The van der Waals surface area contributed by atoms with Crippen molar-refractivity contribution >= 4 is 0 Å². The molecule has 0 bridgehead atoms. The SMILES string of the molecule is CCNC1CCCC(Oc2ccc3c(c2)OCO3)C1. The van der Waals surface area contributed by atoms with Crippen LogP contribution in [0, 0.1) is 0 Å². The molecule has 2 atom stereocenters. The first kappa shape index (κ1) is 12.6. The van der Waals surface area contributed by atoms with E-state index in [2.05, 4.69) is 12.2 Å². The minimum atomic E-state index is 0.304. The van der Waals surface area contributed by atoms with Crippen LogP contribution in [-0.4, -0.2) is 25.5 Å². The van der Waals surface area contributed by atoms with Crippen LogP contribution in [0.5, 0.6) is 17.2 Å². The number of ether oxygens (including phenoxy) is 3. The van der Waals surface area contributed by atoms with Crippen molar-refractivity contribution in [2.24, 2.45) is 0 Å². The van der Waals surface area contributed by atoms with Gasteiger partial charge in [0.05, 0.1) is 0 Å². The summed E-state index contributed by atoms with van der Waals surface area (Å²) in [6.07, 6.45) is 5.01. The summed E-state index contributed by atoms with van der Waals surface area (Å²) in [6.45, 7) is 3.49. The first-order valence-corrected chi connectivity index (χ1v) is 7.15. The van der Waals surface area contributed by atoms with E-state index < -0.39 is 0 Å². The summed E-state index contributed by atoms with van der Waals surface area (Å²) in [7, 11) is 0. The van der Waals surface area contributed by atoms with Gasteiger partial charge in [0.25, 0.3) is 0 Å². The molecule has 1 aliphatic heterocycles. The van der Waals surface area contributed by atoms with Crippen molar-refractivity contribution in [3.8, 4) is 17.2 Å². The molecular formula is C15H21NO3. The van der Waals surface area contributed by atoms with E-state index in [0.29, 0.717) is 18.9 Å². The molecule has 19 heavy (non-hydrogen) atoms. The Morgan fingerprint density at radius 3 is 3.05 bits per heavy atom. The Morgan fingerprint density at radius 1 is 1.26 bits per heavy atom. The maximum absolute atomic E-state index is 6.08. The molecular weight excluding hydrogens is 242 g/mol. The van der Waals surface area contributed by atoms with Gasteiger partial charge in [-0.1, -0.05) is 6.92 Å². The van der Waals surface area contributed by atoms with E-state index >= 15 is 0 Å². The van der Waals surface area contributed by atoms with E-state index in [1.807, 2.05) is 18.2 Å². The average molecular weight is 263 g/mol. The van der Waals surface area contributed by atoms with Crippen molar-refractivity contribution in [3.63, 3.8) is 0 Å². The lowest BCUT2D eigenvalue weighted by Crippen LogP contribution is -2.37. The van der Waals surface area contributed by atoms with Crippen LogP contribution in [0.1, 0.15) is 32.6 Å². The van der Waals surface area contributed by atoms with E-state index in [-0.39, 0.29) is 0 Å². The van der Waals surface area contributed by atoms with Gasteiger partial charge in [-0.15, -0.1) is 0 Å². The topological polar surface area (TPSA) is 39.7 Å². The van der Waals surface area contributed by atoms with Gasteiger partial charge in [-0.25, -0.2) is 0 Å². The zero-order valence-corrected chi connectivity index (χ0v) is 11.4. The van der Waals surface area contributed by atoms with Gasteiger partial charge in [0.15, 0.2) is 11.5 Å². The lowest BCUT2D eigenvalue weighted by Gasteiger charge is -2.30. The van der Waals surface area contributed by atoms with Gasteiger partial charge in [0.2, 0.25) is 6.79 Å². The van der Waals surface area contributed by atoms with Gasteiger partial charge >= 0.3 is 0 Å². The largest absolute Gasteiger partial charge is 0.490 e.